The molecule has 2 rings (SSSR count). The van der Waals surface area contributed by atoms with Crippen LogP contribution in [0.15, 0.2) is 24.3 Å². The third-order valence-corrected chi connectivity index (χ3v) is 2.20. The molecule has 0 aliphatic heterocycles. The van der Waals surface area contributed by atoms with Crippen molar-refractivity contribution in [3.8, 4) is 0 Å². The highest BCUT2D eigenvalue weighted by molar-refractivity contribution is 5.81. The molecule has 1 aromatic heterocycles. The number of anilines is 1. The molecule has 0 amide bonds. The summed E-state index contributed by atoms with van der Waals surface area (Å²) in [7, 11) is 0. The first-order valence-corrected chi connectivity index (χ1v) is 5.30. The first-order chi connectivity index (χ1) is 7.16. The molecule has 80 valence electrons. The molecule has 2 heteroatoms. The van der Waals surface area contributed by atoms with Crippen molar-refractivity contribution in [2.45, 2.75) is 27.7 Å². The Balaban J connectivity index is 0.000000531. The largest absolute Gasteiger partial charge is 0.383 e. The van der Waals surface area contributed by atoms with E-state index < -0.39 is 0 Å². The maximum absolute atomic E-state index is 5.71. The highest BCUT2D eigenvalue weighted by Gasteiger charge is 1.99. The highest BCUT2D eigenvalue weighted by Crippen LogP contribution is 2.18. The van der Waals surface area contributed by atoms with Crippen LogP contribution in [0.3, 0.4) is 0 Å². The van der Waals surface area contributed by atoms with E-state index in [-0.39, 0.29) is 0 Å². The second-order valence-electron chi connectivity index (χ2n) is 3.39. The predicted molar refractivity (Wildman–Crippen MR) is 67.0 cm³/mol. The Kier molecular flexibility index (Phi) is 3.67. The topological polar surface area (TPSA) is 38.9 Å². The predicted octanol–water partition coefficient (Wildman–Crippen LogP) is 3.46. The van der Waals surface area contributed by atoms with E-state index in [1.54, 1.807) is 0 Å². The lowest BCUT2D eigenvalue weighted by Gasteiger charge is -2.03. The van der Waals surface area contributed by atoms with Gasteiger partial charge in [0.1, 0.15) is 5.82 Å². The van der Waals surface area contributed by atoms with Crippen LogP contribution in [0.1, 0.15) is 25.0 Å². The number of nitrogens with two attached hydrogens (primary N) is 1. The lowest BCUT2D eigenvalue weighted by atomic mass is 10.1. The molecule has 0 saturated carbocycles. The number of benzene rings is 1. The van der Waals surface area contributed by atoms with Gasteiger partial charge in [0.25, 0.3) is 0 Å². The molecule has 1 heterocycles. The lowest BCUT2D eigenvalue weighted by Crippen LogP contribution is -1.94. The zero-order valence-electron chi connectivity index (χ0n) is 9.83. The molecule has 15 heavy (non-hydrogen) atoms. The van der Waals surface area contributed by atoms with E-state index in [2.05, 4.69) is 24.0 Å². The van der Waals surface area contributed by atoms with Crippen molar-refractivity contribution in [3.63, 3.8) is 0 Å². The van der Waals surface area contributed by atoms with E-state index in [1.807, 2.05) is 32.9 Å². The summed E-state index contributed by atoms with van der Waals surface area (Å²) >= 11 is 0. The zero-order chi connectivity index (χ0) is 11.4. The van der Waals surface area contributed by atoms with E-state index in [4.69, 9.17) is 5.73 Å². The highest BCUT2D eigenvalue weighted by atomic mass is 14.8. The quantitative estimate of drug-likeness (QED) is 0.710. The smallest absolute Gasteiger partial charge is 0.127 e. The molecule has 0 aliphatic carbocycles. The standard InChI is InChI=1S/C11H12N2.C2H6/c1-7-3-4-10-9(5-7)6-8(2)11(12)13-10;1-2/h3-6H,1-2H3,(H2,12,13);1-2H3. The summed E-state index contributed by atoms with van der Waals surface area (Å²) in [6, 6.07) is 8.24. The fourth-order valence-corrected chi connectivity index (χ4v) is 1.42. The SMILES string of the molecule is CC.Cc1ccc2nc(N)c(C)cc2c1. The molecular formula is C13H18N2. The first-order valence-electron chi connectivity index (χ1n) is 5.30. The van der Waals surface area contributed by atoms with Gasteiger partial charge in [-0.3, -0.25) is 0 Å². The van der Waals surface area contributed by atoms with Gasteiger partial charge in [0.15, 0.2) is 0 Å². The van der Waals surface area contributed by atoms with E-state index in [0.29, 0.717) is 5.82 Å². The number of hydrogen-bond donors (Lipinski definition) is 1. The number of hydrogen-bond acceptors (Lipinski definition) is 2. The second-order valence-corrected chi connectivity index (χ2v) is 3.39. The van der Waals surface area contributed by atoms with Crippen molar-refractivity contribution in [2.75, 3.05) is 5.73 Å². The van der Waals surface area contributed by atoms with Crippen LogP contribution in [0.2, 0.25) is 0 Å². The van der Waals surface area contributed by atoms with E-state index in [1.165, 1.54) is 5.56 Å². The maximum atomic E-state index is 5.71. The van der Waals surface area contributed by atoms with Crippen molar-refractivity contribution in [1.82, 2.24) is 4.98 Å². The zero-order valence-corrected chi connectivity index (χ0v) is 9.83. The number of aryl methyl sites for hydroxylation is 2. The summed E-state index contributed by atoms with van der Waals surface area (Å²) in [5.41, 5.74) is 8.97. The summed E-state index contributed by atoms with van der Waals surface area (Å²) in [4.78, 5) is 4.29. The van der Waals surface area contributed by atoms with Crippen LogP contribution in [-0.2, 0) is 0 Å². The van der Waals surface area contributed by atoms with Gasteiger partial charge in [-0.2, -0.15) is 0 Å². The molecule has 0 radical (unpaired) electrons. The number of pyridine rings is 1. The Morgan fingerprint density at radius 2 is 1.73 bits per heavy atom. The van der Waals surface area contributed by atoms with Crippen molar-refractivity contribution >= 4 is 16.7 Å². The molecule has 0 unspecified atom stereocenters. The normalized spacial score (nSPS) is 9.60. The molecule has 2 nitrogen and oxygen atoms in total. The number of aromatic nitrogens is 1. The molecule has 0 saturated heterocycles. The van der Waals surface area contributed by atoms with Crippen molar-refractivity contribution in [1.29, 1.82) is 0 Å². The summed E-state index contributed by atoms with van der Waals surface area (Å²) in [5, 5.41) is 1.16. The number of nitrogen functional groups attached to an aromatic ring is 1. The molecule has 0 fully saturated rings. The van der Waals surface area contributed by atoms with Gasteiger partial charge in [-0.1, -0.05) is 25.5 Å². The first kappa shape index (κ1) is 11.5. The molecule has 0 spiro atoms. The Morgan fingerprint density at radius 1 is 1.07 bits per heavy atom. The Labute approximate surface area is 91.1 Å². The Morgan fingerprint density at radius 3 is 2.40 bits per heavy atom. The molecule has 0 atom stereocenters. The molecule has 0 bridgehead atoms. The monoisotopic (exact) mass is 202 g/mol. The van der Waals surface area contributed by atoms with Gasteiger partial charge in [0.2, 0.25) is 0 Å². The molecule has 0 aliphatic rings. The van der Waals surface area contributed by atoms with Crippen LogP contribution in [-0.4, -0.2) is 4.98 Å². The summed E-state index contributed by atoms with van der Waals surface area (Å²) in [6.07, 6.45) is 0. The molecule has 2 N–H and O–H groups in total. The van der Waals surface area contributed by atoms with Gasteiger partial charge in [-0.25, -0.2) is 4.98 Å². The molecular weight excluding hydrogens is 184 g/mol. The van der Waals surface area contributed by atoms with Gasteiger partial charge >= 0.3 is 0 Å². The van der Waals surface area contributed by atoms with E-state index >= 15 is 0 Å². The summed E-state index contributed by atoms with van der Waals surface area (Å²) in [6.45, 7) is 8.05. The van der Waals surface area contributed by atoms with Gasteiger partial charge in [0.05, 0.1) is 5.52 Å². The van der Waals surface area contributed by atoms with Crippen LogP contribution in [0.25, 0.3) is 10.9 Å². The average Bonchev–Trinajstić information content (AvgIpc) is 2.23. The average molecular weight is 202 g/mol. The lowest BCUT2D eigenvalue weighted by molar-refractivity contribution is 1.33. The van der Waals surface area contributed by atoms with Gasteiger partial charge in [-0.05, 0) is 37.6 Å². The van der Waals surface area contributed by atoms with Crippen LogP contribution in [0.5, 0.6) is 0 Å². The fourth-order valence-electron chi connectivity index (χ4n) is 1.42. The minimum absolute atomic E-state index is 0.622. The minimum Gasteiger partial charge on any atom is -0.383 e. The number of fused-ring (bicyclic) bond motifs is 1. The van der Waals surface area contributed by atoms with Gasteiger partial charge in [0, 0.05) is 5.39 Å². The molecule has 2 aromatic rings. The number of rotatable bonds is 0. The van der Waals surface area contributed by atoms with Crippen molar-refractivity contribution < 1.29 is 0 Å². The summed E-state index contributed by atoms with van der Waals surface area (Å²) < 4.78 is 0. The van der Waals surface area contributed by atoms with Crippen LogP contribution in [0.4, 0.5) is 5.82 Å². The van der Waals surface area contributed by atoms with Crippen molar-refractivity contribution in [2.24, 2.45) is 0 Å². The Bertz CT molecular complexity index is 461. The molecule has 1 aromatic carbocycles. The number of nitrogens with zero attached hydrogens (tertiary/aromatic N) is 1. The van der Waals surface area contributed by atoms with Crippen LogP contribution >= 0.6 is 0 Å². The third kappa shape index (κ3) is 2.46. The maximum Gasteiger partial charge on any atom is 0.127 e. The third-order valence-electron chi connectivity index (χ3n) is 2.20. The van der Waals surface area contributed by atoms with Crippen LogP contribution < -0.4 is 5.73 Å². The van der Waals surface area contributed by atoms with Gasteiger partial charge < -0.3 is 5.73 Å². The Hall–Kier alpha value is -1.57. The van der Waals surface area contributed by atoms with Crippen LogP contribution in [0, 0.1) is 13.8 Å². The minimum atomic E-state index is 0.622. The van der Waals surface area contributed by atoms with E-state index in [0.717, 1.165) is 16.5 Å². The van der Waals surface area contributed by atoms with Gasteiger partial charge in [-0.15, -0.1) is 0 Å². The fraction of sp³-hybridized carbons (Fsp3) is 0.308. The second kappa shape index (κ2) is 4.78. The van der Waals surface area contributed by atoms with E-state index in [9.17, 15) is 0 Å². The van der Waals surface area contributed by atoms with Crippen molar-refractivity contribution in [3.05, 3.63) is 35.4 Å². The summed E-state index contributed by atoms with van der Waals surface area (Å²) in [5.74, 6) is 0.622.